The Kier molecular flexibility index (Phi) is 3.33. The maximum atomic E-state index is 13.2. The number of nitrogens with one attached hydrogen (secondary N) is 1. The van der Waals surface area contributed by atoms with Gasteiger partial charge >= 0.3 is 0 Å². The number of aryl methyl sites for hydroxylation is 1. The highest BCUT2D eigenvalue weighted by atomic mass is 79.9. The monoisotopic (exact) mass is 312 g/mol. The Hall–Kier alpha value is -1.89. The summed E-state index contributed by atoms with van der Waals surface area (Å²) in [7, 11) is 1.74. The Morgan fingerprint density at radius 2 is 2.28 bits per heavy atom. The van der Waals surface area contributed by atoms with Gasteiger partial charge in [-0.25, -0.2) is 4.39 Å². The number of hydrogen-bond acceptors (Lipinski definition) is 3. The molecule has 0 unspecified atom stereocenters. The van der Waals surface area contributed by atoms with Gasteiger partial charge in [-0.15, -0.1) is 0 Å². The third-order valence-electron chi connectivity index (χ3n) is 2.29. The first-order valence-corrected chi connectivity index (χ1v) is 5.81. The number of halogens is 2. The number of aromatic nitrogens is 2. The first-order valence-electron chi connectivity index (χ1n) is 5.02. The average Bonchev–Trinajstić information content (AvgIpc) is 2.69. The minimum atomic E-state index is -0.570. The summed E-state index contributed by atoms with van der Waals surface area (Å²) in [6.07, 6.45) is 3.16. The molecule has 0 fully saturated rings. The van der Waals surface area contributed by atoms with Gasteiger partial charge in [0.15, 0.2) is 0 Å². The lowest BCUT2D eigenvalue weighted by atomic mass is 10.2. The Morgan fingerprint density at radius 1 is 1.56 bits per heavy atom. The van der Waals surface area contributed by atoms with E-state index in [4.69, 9.17) is 5.73 Å². The summed E-state index contributed by atoms with van der Waals surface area (Å²) in [5.74, 6) is -0.957. The quantitative estimate of drug-likeness (QED) is 0.835. The van der Waals surface area contributed by atoms with E-state index in [1.165, 1.54) is 12.3 Å². The van der Waals surface area contributed by atoms with Crippen molar-refractivity contribution in [1.82, 2.24) is 9.78 Å². The third kappa shape index (κ3) is 2.51. The molecule has 94 valence electrons. The van der Waals surface area contributed by atoms with Crippen molar-refractivity contribution in [3.8, 4) is 0 Å². The molecule has 0 aliphatic heterocycles. The van der Waals surface area contributed by atoms with E-state index >= 15 is 0 Å². The van der Waals surface area contributed by atoms with Gasteiger partial charge in [-0.1, -0.05) is 0 Å². The van der Waals surface area contributed by atoms with E-state index in [2.05, 4.69) is 26.3 Å². The first-order chi connectivity index (χ1) is 8.47. The van der Waals surface area contributed by atoms with Gasteiger partial charge in [-0.05, 0) is 28.1 Å². The zero-order valence-electron chi connectivity index (χ0n) is 9.45. The molecule has 1 heterocycles. The molecule has 1 aromatic carbocycles. The number of benzene rings is 1. The van der Waals surface area contributed by atoms with Crippen LogP contribution in [0.15, 0.2) is 29.0 Å². The molecule has 0 aliphatic rings. The number of carbonyl (C=O) groups is 1. The van der Waals surface area contributed by atoms with Crippen LogP contribution in [0, 0.1) is 5.82 Å². The van der Waals surface area contributed by atoms with Gasteiger partial charge in [0.2, 0.25) is 0 Å². The lowest BCUT2D eigenvalue weighted by Crippen LogP contribution is -2.13. The summed E-state index contributed by atoms with van der Waals surface area (Å²) in [4.78, 5) is 12.0. The predicted octanol–water partition coefficient (Wildman–Crippen LogP) is 2.16. The van der Waals surface area contributed by atoms with Crippen molar-refractivity contribution in [3.63, 3.8) is 0 Å². The Balaban J connectivity index is 2.26. The summed E-state index contributed by atoms with van der Waals surface area (Å²) < 4.78 is 15.1. The largest absolute Gasteiger partial charge is 0.396 e. The molecule has 5 nitrogen and oxygen atoms in total. The maximum Gasteiger partial charge on any atom is 0.256 e. The number of carbonyl (C=O) groups excluding carboxylic acids is 1. The third-order valence-corrected chi connectivity index (χ3v) is 2.95. The standard InChI is InChI=1S/C11H10BrFN4O/c1-17-5-6(4-15-17)16-11(18)7-2-10(14)9(13)3-8(7)12/h2-5H,14H2,1H3,(H,16,18). The van der Waals surface area contributed by atoms with Gasteiger partial charge < -0.3 is 11.1 Å². The molecule has 0 atom stereocenters. The number of anilines is 2. The molecule has 1 amide bonds. The first kappa shape index (κ1) is 12.6. The SMILES string of the molecule is Cn1cc(NC(=O)c2cc(N)c(F)cc2Br)cn1. The molecular formula is C11H10BrFN4O. The van der Waals surface area contributed by atoms with Gasteiger partial charge in [0.25, 0.3) is 5.91 Å². The van der Waals surface area contributed by atoms with Gasteiger partial charge in [-0.3, -0.25) is 9.48 Å². The normalized spacial score (nSPS) is 10.4. The second kappa shape index (κ2) is 4.77. The molecule has 0 bridgehead atoms. The van der Waals surface area contributed by atoms with E-state index in [1.54, 1.807) is 17.9 Å². The fraction of sp³-hybridized carbons (Fsp3) is 0.0909. The van der Waals surface area contributed by atoms with E-state index in [-0.39, 0.29) is 17.2 Å². The number of amides is 1. The highest BCUT2D eigenvalue weighted by molar-refractivity contribution is 9.10. The molecule has 2 rings (SSSR count). The molecule has 0 radical (unpaired) electrons. The van der Waals surface area contributed by atoms with Crippen LogP contribution < -0.4 is 11.1 Å². The molecule has 18 heavy (non-hydrogen) atoms. The lowest BCUT2D eigenvalue weighted by molar-refractivity contribution is 0.102. The minimum absolute atomic E-state index is 0.0745. The van der Waals surface area contributed by atoms with E-state index < -0.39 is 5.82 Å². The highest BCUT2D eigenvalue weighted by Crippen LogP contribution is 2.23. The van der Waals surface area contributed by atoms with Gasteiger partial charge in [0.05, 0.1) is 23.1 Å². The van der Waals surface area contributed by atoms with Crippen LogP contribution in [0.2, 0.25) is 0 Å². The van der Waals surface area contributed by atoms with Crippen LogP contribution >= 0.6 is 15.9 Å². The Bertz CT molecular complexity index is 611. The summed E-state index contributed by atoms with van der Waals surface area (Å²) in [5.41, 5.74) is 6.17. The molecule has 7 heteroatoms. The number of rotatable bonds is 2. The fourth-order valence-electron chi connectivity index (χ4n) is 1.42. The second-order valence-corrected chi connectivity index (χ2v) is 4.56. The van der Waals surface area contributed by atoms with Crippen LogP contribution in [0.5, 0.6) is 0 Å². The number of hydrogen-bond donors (Lipinski definition) is 2. The van der Waals surface area contributed by atoms with Crippen LogP contribution in [0.4, 0.5) is 15.8 Å². The molecule has 0 saturated carbocycles. The van der Waals surface area contributed by atoms with Crippen molar-refractivity contribution >= 4 is 33.2 Å². The number of nitrogens with zero attached hydrogens (tertiary/aromatic N) is 2. The van der Waals surface area contributed by atoms with Crippen molar-refractivity contribution < 1.29 is 9.18 Å². The molecule has 1 aromatic heterocycles. The minimum Gasteiger partial charge on any atom is -0.396 e. The molecule has 3 N–H and O–H groups in total. The summed E-state index contributed by atoms with van der Waals surface area (Å²) in [6, 6.07) is 2.44. The van der Waals surface area contributed by atoms with E-state index in [0.29, 0.717) is 10.2 Å². The molecule has 0 aliphatic carbocycles. The van der Waals surface area contributed by atoms with E-state index in [0.717, 1.165) is 6.07 Å². The van der Waals surface area contributed by atoms with Gasteiger partial charge in [0, 0.05) is 17.7 Å². The topological polar surface area (TPSA) is 72.9 Å². The Morgan fingerprint density at radius 3 is 2.89 bits per heavy atom. The fourth-order valence-corrected chi connectivity index (χ4v) is 1.92. The maximum absolute atomic E-state index is 13.2. The van der Waals surface area contributed by atoms with Crippen LogP contribution in [-0.4, -0.2) is 15.7 Å². The predicted molar refractivity (Wildman–Crippen MR) is 69.7 cm³/mol. The van der Waals surface area contributed by atoms with E-state index in [1.807, 2.05) is 0 Å². The van der Waals surface area contributed by atoms with Crippen molar-refractivity contribution in [3.05, 3.63) is 40.4 Å². The van der Waals surface area contributed by atoms with Crippen LogP contribution in [0.1, 0.15) is 10.4 Å². The van der Waals surface area contributed by atoms with Crippen molar-refractivity contribution in [2.45, 2.75) is 0 Å². The summed E-state index contributed by atoms with van der Waals surface area (Å²) in [5, 5.41) is 6.56. The van der Waals surface area contributed by atoms with Crippen LogP contribution in [0.3, 0.4) is 0 Å². The second-order valence-electron chi connectivity index (χ2n) is 3.71. The van der Waals surface area contributed by atoms with Gasteiger partial charge in [-0.2, -0.15) is 5.10 Å². The Labute approximate surface area is 111 Å². The highest BCUT2D eigenvalue weighted by Gasteiger charge is 2.14. The lowest BCUT2D eigenvalue weighted by Gasteiger charge is -2.06. The molecule has 0 spiro atoms. The molecule has 2 aromatic rings. The van der Waals surface area contributed by atoms with Crippen molar-refractivity contribution in [2.75, 3.05) is 11.1 Å². The van der Waals surface area contributed by atoms with Crippen LogP contribution in [-0.2, 0) is 7.05 Å². The van der Waals surface area contributed by atoms with Crippen molar-refractivity contribution in [1.29, 1.82) is 0 Å². The average molecular weight is 313 g/mol. The van der Waals surface area contributed by atoms with Crippen molar-refractivity contribution in [2.24, 2.45) is 7.05 Å². The smallest absolute Gasteiger partial charge is 0.256 e. The number of nitrogens with two attached hydrogens (primary N) is 1. The number of nitrogen functional groups attached to an aromatic ring is 1. The molecular weight excluding hydrogens is 303 g/mol. The molecule has 0 saturated heterocycles. The summed E-state index contributed by atoms with van der Waals surface area (Å²) in [6.45, 7) is 0. The van der Waals surface area contributed by atoms with E-state index in [9.17, 15) is 9.18 Å². The summed E-state index contributed by atoms with van der Waals surface area (Å²) >= 11 is 3.12. The van der Waals surface area contributed by atoms with Crippen LogP contribution in [0.25, 0.3) is 0 Å². The zero-order chi connectivity index (χ0) is 13.3. The zero-order valence-corrected chi connectivity index (χ0v) is 11.0. The van der Waals surface area contributed by atoms with Gasteiger partial charge in [0.1, 0.15) is 5.82 Å².